The van der Waals surface area contributed by atoms with Crippen molar-refractivity contribution in [2.24, 2.45) is 11.8 Å². The number of hydrogen-bond donors (Lipinski definition) is 2. The molecule has 1 rings (SSSR count). The van der Waals surface area contributed by atoms with E-state index in [1.165, 1.54) is 7.11 Å². The van der Waals surface area contributed by atoms with E-state index in [0.29, 0.717) is 6.61 Å². The van der Waals surface area contributed by atoms with Gasteiger partial charge in [0, 0.05) is 19.4 Å². The van der Waals surface area contributed by atoms with Crippen molar-refractivity contribution in [3.8, 4) is 0 Å². The highest BCUT2D eigenvalue weighted by Gasteiger charge is 2.40. The van der Waals surface area contributed by atoms with Crippen LogP contribution in [0.2, 0.25) is 0 Å². The highest BCUT2D eigenvalue weighted by atomic mass is 19.3. The molecule has 1 aliphatic carbocycles. The molecule has 1 aliphatic rings. The lowest BCUT2D eigenvalue weighted by atomic mass is 9.82. The lowest BCUT2D eigenvalue weighted by molar-refractivity contribution is -0.148. The van der Waals surface area contributed by atoms with Gasteiger partial charge in [-0.15, -0.1) is 0 Å². The third kappa shape index (κ3) is 8.38. The number of hydrogen-bond acceptors (Lipinski definition) is 5. The smallest absolute Gasteiger partial charge is 0.323 e. The SMILES string of the molecule is C/C=C\C=C/C(C)COC(O)CN[C@H](C(=O)OC)C1CCC(F)(F)CC1. The standard InChI is InChI=1S/C19H31F2NO4/c1-4-5-6-7-14(2)13-26-16(23)12-22-17(18(24)25-3)15-8-10-19(20,21)11-9-15/h4-7,14-17,22-23H,8-13H2,1-3H3/b5-4-,7-6-/t14?,16?,17-/m0/s1. The number of rotatable bonds is 10. The third-order valence-corrected chi connectivity index (χ3v) is 4.50. The van der Waals surface area contributed by atoms with Crippen LogP contribution >= 0.6 is 0 Å². The van der Waals surface area contributed by atoms with Crippen molar-refractivity contribution >= 4 is 5.97 Å². The topological polar surface area (TPSA) is 67.8 Å². The van der Waals surface area contributed by atoms with Crippen molar-refractivity contribution in [3.05, 3.63) is 24.3 Å². The summed E-state index contributed by atoms with van der Waals surface area (Å²) in [6.45, 7) is 4.24. The predicted molar refractivity (Wildman–Crippen MR) is 95.8 cm³/mol. The molecule has 0 bridgehead atoms. The van der Waals surface area contributed by atoms with Gasteiger partial charge in [0.15, 0.2) is 6.29 Å². The molecule has 2 N–H and O–H groups in total. The minimum Gasteiger partial charge on any atom is -0.468 e. The minimum absolute atomic E-state index is 0.0258. The molecule has 0 radical (unpaired) electrons. The monoisotopic (exact) mass is 375 g/mol. The van der Waals surface area contributed by atoms with Crippen molar-refractivity contribution in [1.29, 1.82) is 0 Å². The molecule has 0 amide bonds. The summed E-state index contributed by atoms with van der Waals surface area (Å²) in [7, 11) is 1.26. The fourth-order valence-electron chi connectivity index (χ4n) is 2.94. The largest absolute Gasteiger partial charge is 0.468 e. The van der Waals surface area contributed by atoms with Gasteiger partial charge in [0.05, 0.1) is 13.7 Å². The van der Waals surface area contributed by atoms with Crippen molar-refractivity contribution in [3.63, 3.8) is 0 Å². The van der Waals surface area contributed by atoms with E-state index in [-0.39, 0.29) is 44.1 Å². The second-order valence-corrected chi connectivity index (χ2v) is 6.78. The fourth-order valence-corrected chi connectivity index (χ4v) is 2.94. The number of methoxy groups -OCH3 is 1. The lowest BCUT2D eigenvalue weighted by Crippen LogP contribution is -2.48. The number of carbonyl (C=O) groups excluding carboxylic acids is 1. The van der Waals surface area contributed by atoms with Gasteiger partial charge in [-0.25, -0.2) is 8.78 Å². The van der Waals surface area contributed by atoms with Gasteiger partial charge < -0.3 is 14.6 Å². The van der Waals surface area contributed by atoms with Gasteiger partial charge in [-0.3, -0.25) is 10.1 Å². The average molecular weight is 375 g/mol. The molecule has 7 heteroatoms. The normalized spacial score (nSPS) is 21.8. The summed E-state index contributed by atoms with van der Waals surface area (Å²) in [6, 6.07) is -0.721. The molecule has 3 atom stereocenters. The number of ether oxygens (including phenoxy) is 2. The van der Waals surface area contributed by atoms with Crippen LogP contribution in [-0.2, 0) is 14.3 Å². The first-order chi connectivity index (χ1) is 12.3. The highest BCUT2D eigenvalue weighted by molar-refractivity contribution is 5.76. The van der Waals surface area contributed by atoms with Gasteiger partial charge in [-0.2, -0.15) is 0 Å². The van der Waals surface area contributed by atoms with Gasteiger partial charge in [0.25, 0.3) is 0 Å². The fraction of sp³-hybridized carbons (Fsp3) is 0.737. The minimum atomic E-state index is -2.66. The molecule has 1 saturated carbocycles. The molecular formula is C19H31F2NO4. The second-order valence-electron chi connectivity index (χ2n) is 6.78. The van der Waals surface area contributed by atoms with Crippen LogP contribution in [0.1, 0.15) is 39.5 Å². The molecule has 26 heavy (non-hydrogen) atoms. The summed E-state index contributed by atoms with van der Waals surface area (Å²) in [5.74, 6) is -3.28. The van der Waals surface area contributed by atoms with E-state index in [1.807, 2.05) is 38.2 Å². The first-order valence-corrected chi connectivity index (χ1v) is 9.07. The van der Waals surface area contributed by atoms with Crippen LogP contribution in [-0.4, -0.2) is 49.6 Å². The molecular weight excluding hydrogens is 344 g/mol. The summed E-state index contributed by atoms with van der Waals surface area (Å²) < 4.78 is 36.8. The third-order valence-electron chi connectivity index (χ3n) is 4.50. The first-order valence-electron chi connectivity index (χ1n) is 9.07. The number of carbonyl (C=O) groups is 1. The van der Waals surface area contributed by atoms with Crippen LogP contribution in [0.4, 0.5) is 8.78 Å². The first kappa shape index (κ1) is 22.7. The van der Waals surface area contributed by atoms with Crippen LogP contribution < -0.4 is 5.32 Å². The zero-order valence-electron chi connectivity index (χ0n) is 15.8. The number of aliphatic hydroxyl groups is 1. The predicted octanol–water partition coefficient (Wildman–Crippen LogP) is 3.05. The molecule has 0 aliphatic heterocycles. The van der Waals surface area contributed by atoms with E-state index in [0.717, 1.165) is 0 Å². The van der Waals surface area contributed by atoms with Crippen LogP contribution in [0, 0.1) is 11.8 Å². The maximum Gasteiger partial charge on any atom is 0.323 e. The van der Waals surface area contributed by atoms with E-state index < -0.39 is 24.2 Å². The number of halogens is 2. The molecule has 150 valence electrons. The summed E-state index contributed by atoms with van der Waals surface area (Å²) in [5, 5.41) is 12.9. The number of alkyl halides is 2. The van der Waals surface area contributed by atoms with Crippen molar-refractivity contribution in [1.82, 2.24) is 5.32 Å². The molecule has 5 nitrogen and oxygen atoms in total. The molecule has 1 fully saturated rings. The molecule has 0 saturated heterocycles. The van der Waals surface area contributed by atoms with Crippen LogP contribution in [0.5, 0.6) is 0 Å². The Kier molecular flexibility index (Phi) is 9.98. The Labute approximate surface area is 154 Å². The van der Waals surface area contributed by atoms with Crippen LogP contribution in [0.15, 0.2) is 24.3 Å². The number of esters is 1. The Morgan fingerprint density at radius 2 is 2.00 bits per heavy atom. The quantitative estimate of drug-likeness (QED) is 0.349. The van der Waals surface area contributed by atoms with Gasteiger partial charge in [0.1, 0.15) is 6.04 Å². The molecule has 0 aromatic heterocycles. The summed E-state index contributed by atoms with van der Waals surface area (Å²) >= 11 is 0. The summed E-state index contributed by atoms with van der Waals surface area (Å²) in [6.07, 6.45) is 6.60. The number of allylic oxidation sites excluding steroid dienone is 3. The lowest BCUT2D eigenvalue weighted by Gasteiger charge is -2.33. The average Bonchev–Trinajstić information content (AvgIpc) is 2.61. The Bertz CT molecular complexity index is 472. The van der Waals surface area contributed by atoms with Crippen molar-refractivity contribution < 1.29 is 28.2 Å². The molecule has 0 aromatic carbocycles. The second kappa shape index (κ2) is 11.4. The zero-order valence-corrected chi connectivity index (χ0v) is 15.8. The zero-order chi connectivity index (χ0) is 19.6. The Morgan fingerprint density at radius 1 is 1.35 bits per heavy atom. The Balaban J connectivity index is 2.45. The maximum atomic E-state index is 13.3. The Hall–Kier alpha value is -1.31. The van der Waals surface area contributed by atoms with Gasteiger partial charge in [-0.05, 0) is 31.6 Å². The van der Waals surface area contributed by atoms with Crippen LogP contribution in [0.3, 0.4) is 0 Å². The van der Waals surface area contributed by atoms with Crippen LogP contribution in [0.25, 0.3) is 0 Å². The molecule has 2 unspecified atom stereocenters. The van der Waals surface area contributed by atoms with Gasteiger partial charge >= 0.3 is 5.97 Å². The molecule has 0 spiro atoms. The number of nitrogens with one attached hydrogen (secondary N) is 1. The van der Waals surface area contributed by atoms with E-state index in [1.54, 1.807) is 0 Å². The summed E-state index contributed by atoms with van der Waals surface area (Å²) in [5.41, 5.74) is 0. The van der Waals surface area contributed by atoms with E-state index in [9.17, 15) is 18.7 Å². The van der Waals surface area contributed by atoms with E-state index in [4.69, 9.17) is 9.47 Å². The van der Waals surface area contributed by atoms with Crippen molar-refractivity contribution in [2.45, 2.75) is 57.8 Å². The van der Waals surface area contributed by atoms with E-state index >= 15 is 0 Å². The van der Waals surface area contributed by atoms with Gasteiger partial charge in [-0.1, -0.05) is 31.2 Å². The number of aliphatic hydroxyl groups excluding tert-OH is 1. The van der Waals surface area contributed by atoms with E-state index in [2.05, 4.69) is 5.32 Å². The highest BCUT2D eigenvalue weighted by Crippen LogP contribution is 2.37. The summed E-state index contributed by atoms with van der Waals surface area (Å²) in [4.78, 5) is 12.0. The maximum absolute atomic E-state index is 13.3. The molecule has 0 heterocycles. The van der Waals surface area contributed by atoms with Crippen molar-refractivity contribution in [2.75, 3.05) is 20.3 Å². The van der Waals surface area contributed by atoms with Gasteiger partial charge in [0.2, 0.25) is 5.92 Å². The molecule has 0 aromatic rings. The Morgan fingerprint density at radius 3 is 2.58 bits per heavy atom.